The van der Waals surface area contributed by atoms with E-state index in [0.29, 0.717) is 10.6 Å². The van der Waals surface area contributed by atoms with E-state index in [-0.39, 0.29) is 6.01 Å². The van der Waals surface area contributed by atoms with E-state index in [4.69, 9.17) is 15.9 Å². The Kier molecular flexibility index (Phi) is 0.906. The number of oxazole rings is 1. The summed E-state index contributed by atoms with van der Waals surface area (Å²) in [5.74, 6) is 0. The number of thiophene rings is 1. The van der Waals surface area contributed by atoms with E-state index in [0.717, 1.165) is 4.83 Å². The summed E-state index contributed by atoms with van der Waals surface area (Å²) in [6.07, 6.45) is 0. The highest BCUT2D eigenvalue weighted by atomic mass is 32.1. The summed E-state index contributed by atoms with van der Waals surface area (Å²) in [4.78, 5) is 4.64. The van der Waals surface area contributed by atoms with Gasteiger partial charge in [-0.25, -0.2) is 0 Å². The second kappa shape index (κ2) is 1.63. The first-order chi connectivity index (χ1) is 4.75. The number of nitrogens with two attached hydrogens (primary N) is 2. The predicted molar refractivity (Wildman–Crippen MR) is 40.7 cm³/mol. The van der Waals surface area contributed by atoms with Crippen molar-refractivity contribution in [1.29, 1.82) is 0 Å². The monoisotopic (exact) mass is 155 g/mol. The zero-order valence-corrected chi connectivity index (χ0v) is 5.81. The molecule has 0 aromatic carbocycles. The van der Waals surface area contributed by atoms with Crippen LogP contribution in [0.25, 0.3) is 10.4 Å². The van der Waals surface area contributed by atoms with E-state index in [9.17, 15) is 0 Å². The lowest BCUT2D eigenvalue weighted by molar-refractivity contribution is 0.627. The zero-order chi connectivity index (χ0) is 7.14. The molecule has 2 rings (SSSR count). The fourth-order valence-electron chi connectivity index (χ4n) is 0.769. The third-order valence-electron chi connectivity index (χ3n) is 1.12. The number of aromatic nitrogens is 1. The van der Waals surface area contributed by atoms with Crippen molar-refractivity contribution < 1.29 is 4.42 Å². The van der Waals surface area contributed by atoms with Crippen LogP contribution in [-0.4, -0.2) is 4.98 Å². The maximum Gasteiger partial charge on any atom is 0.293 e. The smallest absolute Gasteiger partial charge is 0.293 e. The summed E-state index contributed by atoms with van der Waals surface area (Å²) >= 11 is 1.37. The van der Waals surface area contributed by atoms with Crippen LogP contribution in [0.15, 0.2) is 10.5 Å². The van der Waals surface area contributed by atoms with Gasteiger partial charge in [-0.2, -0.15) is 4.98 Å². The molecule has 0 saturated carbocycles. The molecule has 5 heteroatoms. The van der Waals surface area contributed by atoms with Crippen molar-refractivity contribution in [2.24, 2.45) is 0 Å². The third-order valence-corrected chi connectivity index (χ3v) is 1.96. The second-order valence-electron chi connectivity index (χ2n) is 1.87. The van der Waals surface area contributed by atoms with Crippen molar-refractivity contribution in [2.45, 2.75) is 0 Å². The lowest BCUT2D eigenvalue weighted by atomic mass is 10.6. The van der Waals surface area contributed by atoms with Crippen LogP contribution in [0.3, 0.4) is 0 Å². The Hall–Kier alpha value is -1.23. The highest BCUT2D eigenvalue weighted by Gasteiger charge is 2.04. The summed E-state index contributed by atoms with van der Waals surface area (Å²) in [6, 6.07) is 1.91. The Balaban J connectivity index is 2.83. The topological polar surface area (TPSA) is 78.1 Å². The fraction of sp³-hybridized carbons (Fsp3) is 0. The molecular formula is C5H5N3OS. The Morgan fingerprint density at radius 2 is 2.30 bits per heavy atom. The molecule has 0 bridgehead atoms. The van der Waals surface area contributed by atoms with Crippen molar-refractivity contribution in [3.05, 3.63) is 6.07 Å². The lowest BCUT2D eigenvalue weighted by Crippen LogP contribution is -1.80. The summed E-state index contributed by atoms with van der Waals surface area (Å²) in [5, 5.41) is 0.696. The number of hydrogen-bond donors (Lipinski definition) is 2. The summed E-state index contributed by atoms with van der Waals surface area (Å²) in [5.41, 5.74) is 11.4. The Morgan fingerprint density at radius 1 is 1.50 bits per heavy atom. The van der Waals surface area contributed by atoms with Crippen LogP contribution in [0.5, 0.6) is 0 Å². The molecular weight excluding hydrogens is 150 g/mol. The van der Waals surface area contributed by atoms with Crippen LogP contribution < -0.4 is 11.5 Å². The maximum absolute atomic E-state index is 5.46. The van der Waals surface area contributed by atoms with Gasteiger partial charge in [-0.05, 0) is 0 Å². The van der Waals surface area contributed by atoms with E-state index >= 15 is 0 Å². The van der Waals surface area contributed by atoms with Gasteiger partial charge in [-0.15, -0.1) is 0 Å². The Bertz CT molecular complexity index is 301. The molecule has 4 nitrogen and oxygen atoms in total. The van der Waals surface area contributed by atoms with Gasteiger partial charge >= 0.3 is 0 Å². The average Bonchev–Trinajstić information content (AvgIpc) is 2.21. The molecule has 0 saturated heterocycles. The zero-order valence-electron chi connectivity index (χ0n) is 5.00. The minimum Gasteiger partial charge on any atom is -0.423 e. The molecule has 0 aliphatic rings. The second-order valence-corrected chi connectivity index (χ2v) is 2.93. The van der Waals surface area contributed by atoms with Crippen molar-refractivity contribution in [1.82, 2.24) is 4.98 Å². The molecule has 0 fully saturated rings. The molecule has 0 unspecified atom stereocenters. The first-order valence-corrected chi connectivity index (χ1v) is 3.48. The van der Waals surface area contributed by atoms with Gasteiger partial charge in [-0.1, -0.05) is 11.3 Å². The number of nitrogens with zero attached hydrogens (tertiary/aromatic N) is 1. The molecule has 2 aromatic heterocycles. The van der Waals surface area contributed by atoms with E-state index in [1.165, 1.54) is 11.3 Å². The van der Waals surface area contributed by atoms with Gasteiger partial charge in [0.25, 0.3) is 6.01 Å². The SMILES string of the molecule is Nc1nc2sc(N)cc2o1. The largest absolute Gasteiger partial charge is 0.423 e. The Morgan fingerprint density at radius 3 is 3.00 bits per heavy atom. The molecule has 0 amide bonds. The lowest BCUT2D eigenvalue weighted by Gasteiger charge is -1.76. The number of hydrogen-bond acceptors (Lipinski definition) is 5. The van der Waals surface area contributed by atoms with Crippen molar-refractivity contribution in [2.75, 3.05) is 11.5 Å². The molecule has 2 aromatic rings. The molecule has 52 valence electrons. The predicted octanol–water partition coefficient (Wildman–Crippen LogP) is 1.05. The number of anilines is 2. The number of rotatable bonds is 0. The first kappa shape index (κ1) is 5.55. The van der Waals surface area contributed by atoms with Crippen LogP contribution in [0, 0.1) is 0 Å². The van der Waals surface area contributed by atoms with E-state index in [1.807, 2.05) is 0 Å². The van der Waals surface area contributed by atoms with Crippen LogP contribution in [0.2, 0.25) is 0 Å². The molecule has 0 radical (unpaired) electrons. The van der Waals surface area contributed by atoms with Gasteiger partial charge in [0.05, 0.1) is 5.00 Å². The van der Waals surface area contributed by atoms with Gasteiger partial charge in [0.1, 0.15) is 0 Å². The molecule has 0 aliphatic carbocycles. The van der Waals surface area contributed by atoms with Gasteiger partial charge in [-0.3, -0.25) is 0 Å². The normalized spacial score (nSPS) is 10.8. The number of nitrogen functional groups attached to an aromatic ring is 2. The van der Waals surface area contributed by atoms with Crippen LogP contribution in [0.1, 0.15) is 0 Å². The molecule has 0 spiro atoms. The van der Waals surface area contributed by atoms with Crippen molar-refractivity contribution in [3.63, 3.8) is 0 Å². The van der Waals surface area contributed by atoms with E-state index < -0.39 is 0 Å². The van der Waals surface area contributed by atoms with Crippen molar-refractivity contribution in [3.8, 4) is 0 Å². The summed E-state index contributed by atoms with van der Waals surface area (Å²) in [6.45, 7) is 0. The van der Waals surface area contributed by atoms with Gasteiger partial charge < -0.3 is 15.9 Å². The minimum atomic E-state index is 0.196. The molecule has 10 heavy (non-hydrogen) atoms. The highest BCUT2D eigenvalue weighted by molar-refractivity contribution is 7.22. The minimum absolute atomic E-state index is 0.196. The van der Waals surface area contributed by atoms with Crippen LogP contribution in [0.4, 0.5) is 11.0 Å². The molecule has 0 atom stereocenters. The van der Waals surface area contributed by atoms with Gasteiger partial charge in [0.2, 0.25) is 0 Å². The van der Waals surface area contributed by atoms with E-state index in [2.05, 4.69) is 4.98 Å². The average molecular weight is 155 g/mol. The van der Waals surface area contributed by atoms with Crippen LogP contribution in [-0.2, 0) is 0 Å². The molecule has 0 aliphatic heterocycles. The standard InChI is InChI=1S/C5H5N3OS/c6-3-1-2-4(10-3)8-5(7)9-2/h1H,6H2,(H2,7,8). The summed E-state index contributed by atoms with van der Waals surface area (Å²) < 4.78 is 4.99. The van der Waals surface area contributed by atoms with E-state index in [1.54, 1.807) is 6.07 Å². The first-order valence-electron chi connectivity index (χ1n) is 2.67. The third kappa shape index (κ3) is 0.640. The van der Waals surface area contributed by atoms with Gasteiger partial charge in [0.15, 0.2) is 10.4 Å². The fourth-order valence-corrected chi connectivity index (χ4v) is 1.49. The molecule has 2 heterocycles. The maximum atomic E-state index is 5.46. The molecule has 4 N–H and O–H groups in total. The van der Waals surface area contributed by atoms with Crippen molar-refractivity contribution >= 4 is 32.8 Å². The van der Waals surface area contributed by atoms with Gasteiger partial charge in [0, 0.05) is 6.07 Å². The Labute approximate surface area is 60.4 Å². The summed E-state index contributed by atoms with van der Waals surface area (Å²) in [7, 11) is 0. The number of fused-ring (bicyclic) bond motifs is 1. The highest BCUT2D eigenvalue weighted by Crippen LogP contribution is 2.27. The van der Waals surface area contributed by atoms with Crippen LogP contribution >= 0.6 is 11.3 Å². The quantitative estimate of drug-likeness (QED) is 0.596.